The van der Waals surface area contributed by atoms with Gasteiger partial charge in [0.15, 0.2) is 5.72 Å². The Bertz CT molecular complexity index is 982. The highest BCUT2D eigenvalue weighted by atomic mass is 19.1. The number of hydrogen-bond acceptors (Lipinski definition) is 4. The largest absolute Gasteiger partial charge is 0.496 e. The number of nitrogens with zero attached hydrogens (tertiary/aromatic N) is 2. The van der Waals surface area contributed by atoms with Gasteiger partial charge in [-0.2, -0.15) is 0 Å². The highest BCUT2D eigenvalue weighted by molar-refractivity contribution is 5.98. The smallest absolute Gasteiger partial charge is 0.258 e. The number of amides is 2. The van der Waals surface area contributed by atoms with E-state index in [0.717, 1.165) is 5.56 Å². The van der Waals surface area contributed by atoms with Crippen LogP contribution in [0.4, 0.5) is 4.39 Å². The van der Waals surface area contributed by atoms with Crippen molar-refractivity contribution in [3.05, 3.63) is 65.5 Å². The highest BCUT2D eigenvalue weighted by Gasteiger charge is 2.65. The van der Waals surface area contributed by atoms with E-state index in [4.69, 9.17) is 9.47 Å². The van der Waals surface area contributed by atoms with Gasteiger partial charge in [-0.3, -0.25) is 9.59 Å². The van der Waals surface area contributed by atoms with Crippen molar-refractivity contribution < 1.29 is 23.5 Å². The minimum Gasteiger partial charge on any atom is -0.496 e. The Morgan fingerprint density at radius 2 is 2.03 bits per heavy atom. The van der Waals surface area contributed by atoms with Gasteiger partial charge in [-0.1, -0.05) is 30.3 Å². The monoisotopic (exact) mass is 396 g/mol. The van der Waals surface area contributed by atoms with Crippen molar-refractivity contribution in [3.8, 4) is 5.75 Å². The second-order valence-corrected chi connectivity index (χ2v) is 7.66. The van der Waals surface area contributed by atoms with Gasteiger partial charge >= 0.3 is 0 Å². The fourth-order valence-corrected chi connectivity index (χ4v) is 5.01. The summed E-state index contributed by atoms with van der Waals surface area (Å²) in [4.78, 5) is 29.7. The first-order valence-corrected chi connectivity index (χ1v) is 9.71. The number of hydrogen-bond donors (Lipinski definition) is 0. The second-order valence-electron chi connectivity index (χ2n) is 7.66. The molecular formula is C22H21FN2O4. The number of carbonyl (C=O) groups excluding carboxylic acids is 2. The third kappa shape index (κ3) is 2.57. The van der Waals surface area contributed by atoms with Crippen molar-refractivity contribution >= 4 is 11.8 Å². The van der Waals surface area contributed by atoms with Crippen LogP contribution < -0.4 is 4.74 Å². The normalized spacial score (nSPS) is 27.9. The molecule has 0 saturated carbocycles. The summed E-state index contributed by atoms with van der Waals surface area (Å²) in [7, 11) is 1.45. The van der Waals surface area contributed by atoms with Crippen LogP contribution in [0.5, 0.6) is 5.75 Å². The molecule has 7 heteroatoms. The Morgan fingerprint density at radius 3 is 2.79 bits per heavy atom. The molecule has 5 rings (SSSR count). The zero-order valence-electron chi connectivity index (χ0n) is 16.0. The van der Waals surface area contributed by atoms with Crippen LogP contribution in [-0.4, -0.2) is 53.6 Å². The van der Waals surface area contributed by atoms with Crippen molar-refractivity contribution in [2.24, 2.45) is 0 Å². The summed E-state index contributed by atoms with van der Waals surface area (Å²) in [6.07, 6.45) is 0.739. The van der Waals surface area contributed by atoms with Gasteiger partial charge in [0, 0.05) is 13.0 Å². The van der Waals surface area contributed by atoms with Crippen LogP contribution >= 0.6 is 0 Å². The predicted octanol–water partition coefficient (Wildman–Crippen LogP) is 2.75. The highest BCUT2D eigenvalue weighted by Crippen LogP contribution is 2.51. The van der Waals surface area contributed by atoms with Gasteiger partial charge < -0.3 is 19.3 Å². The van der Waals surface area contributed by atoms with E-state index in [0.29, 0.717) is 25.3 Å². The summed E-state index contributed by atoms with van der Waals surface area (Å²) < 4.78 is 25.3. The first-order chi connectivity index (χ1) is 14.0. The van der Waals surface area contributed by atoms with Crippen LogP contribution in [-0.2, 0) is 9.53 Å². The van der Waals surface area contributed by atoms with Crippen molar-refractivity contribution in [3.63, 3.8) is 0 Å². The Labute approximate surface area is 167 Å². The van der Waals surface area contributed by atoms with E-state index in [2.05, 4.69) is 0 Å². The number of likely N-dealkylation sites (tertiary alicyclic amines) is 1. The average molecular weight is 396 g/mol. The lowest BCUT2D eigenvalue weighted by molar-refractivity contribution is -0.138. The number of carbonyl (C=O) groups is 2. The lowest BCUT2D eigenvalue weighted by Gasteiger charge is -2.33. The molecule has 0 N–H and O–H groups in total. The molecule has 3 aliphatic heterocycles. The van der Waals surface area contributed by atoms with Gasteiger partial charge in [0.25, 0.3) is 5.91 Å². The molecule has 0 aromatic heterocycles. The molecule has 0 radical (unpaired) electrons. The number of methoxy groups -OCH3 is 1. The molecule has 3 fully saturated rings. The van der Waals surface area contributed by atoms with Gasteiger partial charge in [-0.15, -0.1) is 0 Å². The van der Waals surface area contributed by atoms with Crippen molar-refractivity contribution in [2.45, 2.75) is 30.7 Å². The predicted molar refractivity (Wildman–Crippen MR) is 102 cm³/mol. The zero-order valence-corrected chi connectivity index (χ0v) is 16.0. The Morgan fingerprint density at radius 1 is 1.24 bits per heavy atom. The Balaban J connectivity index is 1.48. The minimum absolute atomic E-state index is 0.0231. The van der Waals surface area contributed by atoms with Gasteiger partial charge in [0.05, 0.1) is 37.8 Å². The van der Waals surface area contributed by atoms with Crippen molar-refractivity contribution in [1.82, 2.24) is 9.80 Å². The second kappa shape index (κ2) is 6.56. The quantitative estimate of drug-likeness (QED) is 0.801. The number of rotatable bonds is 3. The number of benzene rings is 2. The molecule has 2 aromatic carbocycles. The molecule has 0 aliphatic carbocycles. The summed E-state index contributed by atoms with van der Waals surface area (Å²) in [6, 6.07) is 13.1. The minimum atomic E-state index is -0.812. The van der Waals surface area contributed by atoms with E-state index in [1.54, 1.807) is 4.90 Å². The van der Waals surface area contributed by atoms with E-state index in [-0.39, 0.29) is 29.8 Å². The summed E-state index contributed by atoms with van der Waals surface area (Å²) in [5.41, 5.74) is 0.372. The van der Waals surface area contributed by atoms with Gasteiger partial charge in [-0.05, 0) is 23.8 Å². The third-order valence-corrected chi connectivity index (χ3v) is 6.29. The van der Waals surface area contributed by atoms with Crippen LogP contribution in [0.1, 0.15) is 34.8 Å². The fourth-order valence-electron chi connectivity index (χ4n) is 5.01. The average Bonchev–Trinajstić information content (AvgIpc) is 3.37. The summed E-state index contributed by atoms with van der Waals surface area (Å²) >= 11 is 0. The van der Waals surface area contributed by atoms with Crippen LogP contribution in [0.3, 0.4) is 0 Å². The fraction of sp³-hybridized carbons (Fsp3) is 0.364. The van der Waals surface area contributed by atoms with Gasteiger partial charge in [0.2, 0.25) is 5.91 Å². The van der Waals surface area contributed by atoms with Crippen molar-refractivity contribution in [1.29, 1.82) is 0 Å². The molecule has 2 amide bonds. The van der Waals surface area contributed by atoms with E-state index in [1.807, 2.05) is 35.2 Å². The summed E-state index contributed by atoms with van der Waals surface area (Å²) in [5, 5.41) is 0. The number of ether oxygens (including phenoxy) is 2. The molecular weight excluding hydrogens is 375 g/mol. The van der Waals surface area contributed by atoms with E-state index in [1.165, 1.54) is 25.3 Å². The van der Waals surface area contributed by atoms with E-state index >= 15 is 0 Å². The van der Waals surface area contributed by atoms with Gasteiger partial charge in [0.1, 0.15) is 11.6 Å². The standard InChI is InChI=1S/C22H21FN2O4/c1-28-18-8-7-15(23)11-16(18)21(27)24-10-9-22-19(24)12-20(26)25(22)17(13-29-22)14-5-3-2-4-6-14/h2-8,11,17,19H,9-10,12-13H2,1H3/t17-,19+,22-/m0/s1. The zero-order chi connectivity index (χ0) is 20.2. The lowest BCUT2D eigenvalue weighted by atomic mass is 10.0. The van der Waals surface area contributed by atoms with Crippen LogP contribution in [0, 0.1) is 5.82 Å². The van der Waals surface area contributed by atoms with Crippen LogP contribution in [0.25, 0.3) is 0 Å². The molecule has 3 aliphatic rings. The SMILES string of the molecule is COc1ccc(F)cc1C(=O)N1CC[C@@]23OC[C@@H](c4ccccc4)N2C(=O)C[C@@H]13. The third-order valence-electron chi connectivity index (χ3n) is 6.29. The molecule has 0 unspecified atom stereocenters. The molecule has 29 heavy (non-hydrogen) atoms. The molecule has 3 heterocycles. The van der Waals surface area contributed by atoms with E-state index in [9.17, 15) is 14.0 Å². The molecule has 2 aromatic rings. The van der Waals surface area contributed by atoms with Crippen LogP contribution in [0.15, 0.2) is 48.5 Å². The maximum absolute atomic E-state index is 13.8. The molecule has 3 atom stereocenters. The summed E-state index contributed by atoms with van der Waals surface area (Å²) in [5.74, 6) is -0.559. The first kappa shape index (κ1) is 18.1. The number of halogens is 1. The topological polar surface area (TPSA) is 59.1 Å². The molecule has 6 nitrogen and oxygen atoms in total. The molecule has 0 bridgehead atoms. The van der Waals surface area contributed by atoms with Crippen molar-refractivity contribution in [2.75, 3.05) is 20.3 Å². The molecule has 3 saturated heterocycles. The Kier molecular flexibility index (Phi) is 4.10. The lowest BCUT2D eigenvalue weighted by Crippen LogP contribution is -2.49. The van der Waals surface area contributed by atoms with E-state index < -0.39 is 17.6 Å². The first-order valence-electron chi connectivity index (χ1n) is 9.71. The maximum Gasteiger partial charge on any atom is 0.258 e. The van der Waals surface area contributed by atoms with Gasteiger partial charge in [-0.25, -0.2) is 4.39 Å². The maximum atomic E-state index is 13.8. The summed E-state index contributed by atoms with van der Waals surface area (Å²) in [6.45, 7) is 0.839. The Hall–Kier alpha value is -2.93. The molecule has 1 spiro atoms. The van der Waals surface area contributed by atoms with Crippen LogP contribution in [0.2, 0.25) is 0 Å². The molecule has 150 valence electrons.